The van der Waals surface area contributed by atoms with Gasteiger partial charge in [-0.3, -0.25) is 0 Å². The minimum absolute atomic E-state index is 0.0477. The molecule has 54 heavy (non-hydrogen) atoms. The second kappa shape index (κ2) is 24.1. The predicted octanol–water partition coefficient (Wildman–Crippen LogP) is 1.36. The summed E-state index contributed by atoms with van der Waals surface area (Å²) in [6.45, 7) is 17.0. The first kappa shape index (κ1) is 50.2. The van der Waals surface area contributed by atoms with Crippen molar-refractivity contribution in [3.05, 3.63) is 34.9 Å². The number of ether oxygens (including phenoxy) is 3. The van der Waals surface area contributed by atoms with E-state index in [4.69, 9.17) is 19.3 Å². The van der Waals surface area contributed by atoms with Gasteiger partial charge in [0.15, 0.2) is 6.29 Å². The highest BCUT2D eigenvalue weighted by Gasteiger charge is 2.45. The largest absolute Gasteiger partial charge is 0.459 e. The van der Waals surface area contributed by atoms with E-state index < -0.39 is 105 Å². The summed E-state index contributed by atoms with van der Waals surface area (Å²) in [6, 6.07) is 0. The number of carbonyl (C=O) groups excluding carboxylic acids is 1. The van der Waals surface area contributed by atoms with E-state index in [1.165, 1.54) is 13.0 Å². The molecule has 1 aliphatic heterocycles. The molecular weight excluding hydrogens is 704 g/mol. The summed E-state index contributed by atoms with van der Waals surface area (Å²) >= 11 is 0. The molecule has 0 aromatic heterocycles. The van der Waals surface area contributed by atoms with E-state index in [1.54, 1.807) is 33.8 Å². The third-order valence-corrected chi connectivity index (χ3v) is 10.7. The molecule has 0 aliphatic carbocycles. The van der Waals surface area contributed by atoms with Crippen molar-refractivity contribution >= 4 is 5.97 Å². The van der Waals surface area contributed by atoms with Gasteiger partial charge in [-0.1, -0.05) is 73.1 Å². The number of aliphatic hydroxyl groups is 10. The van der Waals surface area contributed by atoms with Crippen molar-refractivity contribution in [2.75, 3.05) is 19.8 Å². The van der Waals surface area contributed by atoms with E-state index in [9.17, 15) is 50.8 Å². The van der Waals surface area contributed by atoms with Crippen LogP contribution < -0.4 is 0 Å². The Bertz CT molecular complexity index is 1190. The van der Waals surface area contributed by atoms with Gasteiger partial charge in [0.2, 0.25) is 0 Å². The third kappa shape index (κ3) is 15.3. The summed E-state index contributed by atoms with van der Waals surface area (Å²) in [5.41, 5.74) is 1.33. The molecule has 1 saturated heterocycles. The molecule has 1 heterocycles. The number of aliphatic hydroxyl groups excluding tert-OH is 10. The fourth-order valence-electron chi connectivity index (χ4n) is 7.16. The molecule has 14 nitrogen and oxygen atoms in total. The number of hydrogen-bond donors (Lipinski definition) is 10. The van der Waals surface area contributed by atoms with Gasteiger partial charge in [-0.15, -0.1) is 0 Å². The van der Waals surface area contributed by atoms with Crippen molar-refractivity contribution in [2.24, 2.45) is 35.5 Å². The molecule has 0 aromatic carbocycles. The Labute approximate surface area is 321 Å². The molecule has 0 spiro atoms. The number of esters is 1. The molecule has 0 radical (unpaired) electrons. The minimum atomic E-state index is -1.71. The highest BCUT2D eigenvalue weighted by Crippen LogP contribution is 2.33. The van der Waals surface area contributed by atoms with Crippen molar-refractivity contribution < 1.29 is 70.1 Å². The SMILES string of the molecule is CCC(C)CC(C)CC(C)C(O[C@@H]1OC(CO)[C@@H](O)[C@H](O)C1O)C(C)/C=C(\C)C(O)C(C)/C=C(\C)C(O)C(C)/C=C(\C)C(=O)OC[C@@H](O)[C@@H](O)[C@H](O)CO. The van der Waals surface area contributed by atoms with E-state index in [1.807, 2.05) is 19.9 Å². The van der Waals surface area contributed by atoms with Crippen molar-refractivity contribution in [1.82, 2.24) is 0 Å². The molecule has 11 unspecified atom stereocenters. The summed E-state index contributed by atoms with van der Waals surface area (Å²) in [5, 5.41) is 102. The summed E-state index contributed by atoms with van der Waals surface area (Å²) in [7, 11) is 0. The molecule has 1 fully saturated rings. The second-order valence-corrected chi connectivity index (χ2v) is 15.9. The highest BCUT2D eigenvalue weighted by atomic mass is 16.7. The van der Waals surface area contributed by atoms with E-state index in [0.29, 0.717) is 23.0 Å². The molecule has 17 atom stereocenters. The van der Waals surface area contributed by atoms with E-state index >= 15 is 0 Å². The number of hydrogen-bond acceptors (Lipinski definition) is 14. The predicted molar refractivity (Wildman–Crippen MR) is 202 cm³/mol. The van der Waals surface area contributed by atoms with Crippen LogP contribution in [0.5, 0.6) is 0 Å². The van der Waals surface area contributed by atoms with Crippen LogP contribution in [0.1, 0.15) is 88.5 Å². The first-order valence-electron chi connectivity index (χ1n) is 19.3. The average Bonchev–Trinajstić information content (AvgIpc) is 3.13. The van der Waals surface area contributed by atoms with Gasteiger partial charge in [-0.2, -0.15) is 0 Å². The monoisotopic (exact) mass is 776 g/mol. The number of carbonyl (C=O) groups is 1. The molecule has 1 aliphatic rings. The normalized spacial score (nSPS) is 28.5. The fraction of sp³-hybridized carbons (Fsp3) is 0.825. The molecule has 1 rings (SSSR count). The topological polar surface area (TPSA) is 247 Å². The lowest BCUT2D eigenvalue weighted by Gasteiger charge is -2.42. The van der Waals surface area contributed by atoms with Gasteiger partial charge in [0.05, 0.1) is 31.5 Å². The summed E-state index contributed by atoms with van der Waals surface area (Å²) in [4.78, 5) is 12.5. The Morgan fingerprint density at radius 3 is 1.78 bits per heavy atom. The summed E-state index contributed by atoms with van der Waals surface area (Å²) < 4.78 is 17.1. The Morgan fingerprint density at radius 1 is 0.722 bits per heavy atom. The van der Waals surface area contributed by atoms with Gasteiger partial charge in [-0.05, 0) is 62.5 Å². The molecule has 0 saturated carbocycles. The lowest BCUT2D eigenvalue weighted by Crippen LogP contribution is -2.60. The third-order valence-electron chi connectivity index (χ3n) is 10.7. The van der Waals surface area contributed by atoms with E-state index in [-0.39, 0.29) is 17.4 Å². The van der Waals surface area contributed by atoms with E-state index in [2.05, 4.69) is 20.8 Å². The molecule has 0 amide bonds. The standard InChI is InChI=1S/C40H72O14/c1-11-20(2)12-21(3)13-26(8)38(54-40-37(50)36(49)35(48)31(18-42)53-40)27(9)15-24(6)32(45)22(4)14-23(5)33(46)25(7)16-28(10)39(51)52-19-30(44)34(47)29(43)17-41/h14-16,20-22,25-27,29-38,40-50H,11-13,17-19H2,1-10H3/b23-14+,24-15+,28-16+/t20?,21?,22?,25?,26?,27?,29-,30-,31?,32?,33?,34+,35-,36+,37?,38?,40+/m1/s1. The Balaban J connectivity index is 3.13. The van der Waals surface area contributed by atoms with Gasteiger partial charge in [0, 0.05) is 23.3 Å². The Hall–Kier alpha value is -1.79. The van der Waals surface area contributed by atoms with Gasteiger partial charge in [-0.25, -0.2) is 4.79 Å². The van der Waals surface area contributed by atoms with Crippen molar-refractivity contribution in [3.8, 4) is 0 Å². The van der Waals surface area contributed by atoms with Crippen LogP contribution in [0, 0.1) is 35.5 Å². The Morgan fingerprint density at radius 2 is 1.26 bits per heavy atom. The summed E-state index contributed by atoms with van der Waals surface area (Å²) in [6.07, 6.45) is -6.45. The highest BCUT2D eigenvalue weighted by molar-refractivity contribution is 5.87. The lowest BCUT2D eigenvalue weighted by atomic mass is 9.82. The maximum Gasteiger partial charge on any atom is 0.333 e. The van der Waals surface area contributed by atoms with Crippen LogP contribution in [0.3, 0.4) is 0 Å². The molecule has 10 N–H and O–H groups in total. The van der Waals surface area contributed by atoms with Crippen LogP contribution >= 0.6 is 0 Å². The quantitative estimate of drug-likeness (QED) is 0.0400. The summed E-state index contributed by atoms with van der Waals surface area (Å²) in [5.74, 6) is -1.23. The van der Waals surface area contributed by atoms with Crippen LogP contribution in [0.4, 0.5) is 0 Å². The molecule has 0 aromatic rings. The van der Waals surface area contributed by atoms with Crippen molar-refractivity contribution in [2.45, 2.75) is 156 Å². The average molecular weight is 777 g/mol. The lowest BCUT2D eigenvalue weighted by molar-refractivity contribution is -0.317. The van der Waals surface area contributed by atoms with Crippen LogP contribution in [0.2, 0.25) is 0 Å². The zero-order valence-electron chi connectivity index (χ0n) is 33.9. The fourth-order valence-corrected chi connectivity index (χ4v) is 7.16. The van der Waals surface area contributed by atoms with Gasteiger partial charge >= 0.3 is 5.97 Å². The first-order chi connectivity index (χ1) is 25.1. The maximum absolute atomic E-state index is 12.5. The van der Waals surface area contributed by atoms with E-state index in [0.717, 1.165) is 19.3 Å². The molecule has 0 bridgehead atoms. The van der Waals surface area contributed by atoms with Gasteiger partial charge < -0.3 is 65.3 Å². The second-order valence-electron chi connectivity index (χ2n) is 15.9. The molecular formula is C40H72O14. The van der Waals surface area contributed by atoms with Crippen LogP contribution in [-0.2, 0) is 19.0 Å². The first-order valence-corrected chi connectivity index (χ1v) is 19.3. The minimum Gasteiger partial charge on any atom is -0.459 e. The number of rotatable bonds is 23. The van der Waals surface area contributed by atoms with Gasteiger partial charge in [0.25, 0.3) is 0 Å². The Kier molecular flexibility index (Phi) is 22.4. The van der Waals surface area contributed by atoms with Gasteiger partial charge in [0.1, 0.15) is 49.3 Å². The van der Waals surface area contributed by atoms with Crippen LogP contribution in [-0.4, -0.2) is 144 Å². The molecule has 14 heteroatoms. The van der Waals surface area contributed by atoms with Crippen molar-refractivity contribution in [1.29, 1.82) is 0 Å². The van der Waals surface area contributed by atoms with Crippen LogP contribution in [0.15, 0.2) is 34.9 Å². The zero-order chi connectivity index (χ0) is 41.6. The zero-order valence-corrected chi connectivity index (χ0v) is 33.9. The van der Waals surface area contributed by atoms with Crippen LogP contribution in [0.25, 0.3) is 0 Å². The maximum atomic E-state index is 12.5. The van der Waals surface area contributed by atoms with Crippen molar-refractivity contribution in [3.63, 3.8) is 0 Å². The smallest absolute Gasteiger partial charge is 0.333 e. The molecule has 316 valence electrons.